The third-order valence-electron chi connectivity index (χ3n) is 3.41. The fourth-order valence-corrected chi connectivity index (χ4v) is 2.15. The molecule has 2 aromatic carbocycles. The van der Waals surface area contributed by atoms with Crippen LogP contribution in [0.5, 0.6) is 0 Å². The zero-order chi connectivity index (χ0) is 20.9. The number of hydrazine groups is 1. The van der Waals surface area contributed by atoms with E-state index in [0.29, 0.717) is 0 Å². The zero-order valence-corrected chi connectivity index (χ0v) is 14.4. The lowest BCUT2D eigenvalue weighted by Gasteiger charge is -2.12. The van der Waals surface area contributed by atoms with E-state index in [-0.39, 0.29) is 23.4 Å². The predicted molar refractivity (Wildman–Crippen MR) is 91.6 cm³/mol. The van der Waals surface area contributed by atoms with Crippen LogP contribution in [0.15, 0.2) is 42.5 Å². The highest BCUT2D eigenvalue weighted by molar-refractivity contribution is 5.99. The Morgan fingerprint density at radius 3 is 2.43 bits per heavy atom. The Balaban J connectivity index is 2.22. The number of anilines is 1. The summed E-state index contributed by atoms with van der Waals surface area (Å²) in [6.07, 6.45) is -4.56. The quantitative estimate of drug-likeness (QED) is 0.438. The van der Waals surface area contributed by atoms with E-state index in [1.165, 1.54) is 6.07 Å². The van der Waals surface area contributed by atoms with Crippen LogP contribution < -0.4 is 10.9 Å². The number of nitrogens with zero attached hydrogens (tertiary/aromatic N) is 1. The van der Waals surface area contributed by atoms with Crippen molar-refractivity contribution < 1.29 is 32.4 Å². The number of nitro groups is 1. The standard InChI is InChI=1S/C17H14F3N3O5/c1-2-28-16(25)11-6-10(7-14(8-11)23(26)27)15(24)22-21-13-5-3-4-12(9-13)17(18,19)20/h3-9,21H,2H2,1H3,(H,22,24). The minimum absolute atomic E-state index is 0.0279. The molecule has 0 saturated carbocycles. The molecule has 1 amide bonds. The molecule has 0 heterocycles. The van der Waals surface area contributed by atoms with Gasteiger partial charge in [-0.1, -0.05) is 6.07 Å². The number of rotatable bonds is 6. The summed E-state index contributed by atoms with van der Waals surface area (Å²) in [4.78, 5) is 34.3. The Bertz CT molecular complexity index is 915. The van der Waals surface area contributed by atoms with Crippen LogP contribution in [0.25, 0.3) is 0 Å². The van der Waals surface area contributed by atoms with Crippen LogP contribution >= 0.6 is 0 Å². The second-order valence-corrected chi connectivity index (χ2v) is 5.40. The number of hydrogen-bond donors (Lipinski definition) is 2. The van der Waals surface area contributed by atoms with Crippen molar-refractivity contribution in [2.75, 3.05) is 12.0 Å². The average Bonchev–Trinajstić information content (AvgIpc) is 2.65. The smallest absolute Gasteiger partial charge is 0.416 e. The summed E-state index contributed by atoms with van der Waals surface area (Å²) in [6.45, 7) is 1.57. The van der Waals surface area contributed by atoms with Gasteiger partial charge in [0.1, 0.15) is 0 Å². The summed E-state index contributed by atoms with van der Waals surface area (Å²) >= 11 is 0. The molecule has 2 rings (SSSR count). The van der Waals surface area contributed by atoms with Crippen LogP contribution in [0.2, 0.25) is 0 Å². The molecule has 148 valence electrons. The van der Waals surface area contributed by atoms with Crippen LogP contribution in [0.3, 0.4) is 0 Å². The third-order valence-corrected chi connectivity index (χ3v) is 3.41. The van der Waals surface area contributed by atoms with E-state index >= 15 is 0 Å². The third kappa shape index (κ3) is 5.19. The maximum absolute atomic E-state index is 12.7. The first-order valence-corrected chi connectivity index (χ1v) is 7.82. The number of carbonyl (C=O) groups is 2. The largest absolute Gasteiger partial charge is 0.462 e. The first-order valence-electron chi connectivity index (χ1n) is 7.82. The minimum atomic E-state index is -4.56. The second kappa shape index (κ2) is 8.37. The summed E-state index contributed by atoms with van der Waals surface area (Å²) in [5, 5.41) is 11.0. The van der Waals surface area contributed by atoms with Crippen molar-refractivity contribution in [2.45, 2.75) is 13.1 Å². The van der Waals surface area contributed by atoms with Crippen molar-refractivity contribution in [3.8, 4) is 0 Å². The van der Waals surface area contributed by atoms with Crippen molar-refractivity contribution in [2.24, 2.45) is 0 Å². The number of carbonyl (C=O) groups excluding carboxylic acids is 2. The highest BCUT2D eigenvalue weighted by Gasteiger charge is 2.30. The van der Waals surface area contributed by atoms with E-state index in [1.54, 1.807) is 6.92 Å². The number of amides is 1. The number of esters is 1. The summed E-state index contributed by atoms with van der Waals surface area (Å²) in [7, 11) is 0. The predicted octanol–water partition coefficient (Wildman–Crippen LogP) is 3.55. The molecule has 11 heteroatoms. The maximum Gasteiger partial charge on any atom is 0.416 e. The molecule has 8 nitrogen and oxygen atoms in total. The highest BCUT2D eigenvalue weighted by atomic mass is 19.4. The summed E-state index contributed by atoms with van der Waals surface area (Å²) in [6, 6.07) is 7.02. The van der Waals surface area contributed by atoms with Gasteiger partial charge in [-0.3, -0.25) is 25.8 Å². The van der Waals surface area contributed by atoms with E-state index in [0.717, 1.165) is 36.4 Å². The van der Waals surface area contributed by atoms with Crippen LogP contribution in [0, 0.1) is 10.1 Å². The number of hydrogen-bond acceptors (Lipinski definition) is 6. The monoisotopic (exact) mass is 397 g/mol. The lowest BCUT2D eigenvalue weighted by molar-refractivity contribution is -0.384. The number of nitro benzene ring substituents is 1. The van der Waals surface area contributed by atoms with Crippen LogP contribution in [0.1, 0.15) is 33.2 Å². The summed E-state index contributed by atoms with van der Waals surface area (Å²) in [5.41, 5.74) is 2.46. The molecular formula is C17H14F3N3O5. The summed E-state index contributed by atoms with van der Waals surface area (Å²) < 4.78 is 42.9. The number of non-ortho nitro benzene ring substituents is 1. The van der Waals surface area contributed by atoms with Crippen molar-refractivity contribution in [3.63, 3.8) is 0 Å². The topological polar surface area (TPSA) is 111 Å². The van der Waals surface area contributed by atoms with Gasteiger partial charge in [-0.15, -0.1) is 0 Å². The van der Waals surface area contributed by atoms with Gasteiger partial charge in [-0.05, 0) is 31.2 Å². The lowest BCUT2D eigenvalue weighted by atomic mass is 10.1. The molecule has 0 bridgehead atoms. The van der Waals surface area contributed by atoms with Crippen molar-refractivity contribution in [1.82, 2.24) is 5.43 Å². The van der Waals surface area contributed by atoms with E-state index < -0.39 is 34.2 Å². The van der Waals surface area contributed by atoms with Crippen molar-refractivity contribution in [1.29, 1.82) is 0 Å². The maximum atomic E-state index is 12.7. The normalized spacial score (nSPS) is 10.9. The molecule has 0 unspecified atom stereocenters. The van der Waals surface area contributed by atoms with Gasteiger partial charge in [-0.25, -0.2) is 4.79 Å². The molecule has 2 N–H and O–H groups in total. The first-order chi connectivity index (χ1) is 13.1. The molecule has 2 aromatic rings. The molecule has 0 radical (unpaired) electrons. The molecule has 0 aliphatic heterocycles. The van der Waals surface area contributed by atoms with E-state index in [2.05, 4.69) is 10.9 Å². The zero-order valence-electron chi connectivity index (χ0n) is 14.4. The fraction of sp³-hybridized carbons (Fsp3) is 0.176. The fourth-order valence-electron chi connectivity index (χ4n) is 2.15. The Morgan fingerprint density at radius 2 is 1.82 bits per heavy atom. The second-order valence-electron chi connectivity index (χ2n) is 5.40. The lowest BCUT2D eigenvalue weighted by Crippen LogP contribution is -2.29. The molecule has 0 spiro atoms. The minimum Gasteiger partial charge on any atom is -0.462 e. The highest BCUT2D eigenvalue weighted by Crippen LogP contribution is 2.30. The molecule has 0 fully saturated rings. The Labute approximate surface area is 156 Å². The molecular weight excluding hydrogens is 383 g/mol. The van der Waals surface area contributed by atoms with Gasteiger partial charge in [0.25, 0.3) is 11.6 Å². The van der Waals surface area contributed by atoms with Crippen LogP contribution in [-0.4, -0.2) is 23.4 Å². The van der Waals surface area contributed by atoms with Gasteiger partial charge in [0.15, 0.2) is 0 Å². The van der Waals surface area contributed by atoms with Gasteiger partial charge in [-0.2, -0.15) is 13.2 Å². The van der Waals surface area contributed by atoms with Gasteiger partial charge >= 0.3 is 12.1 Å². The number of halogens is 3. The molecule has 0 saturated heterocycles. The van der Waals surface area contributed by atoms with E-state index in [9.17, 15) is 32.9 Å². The first kappa shape index (κ1) is 20.7. The van der Waals surface area contributed by atoms with Crippen LogP contribution in [0.4, 0.5) is 24.5 Å². The van der Waals surface area contributed by atoms with Crippen molar-refractivity contribution in [3.05, 3.63) is 69.3 Å². The number of nitrogens with one attached hydrogen (secondary N) is 2. The van der Waals surface area contributed by atoms with Gasteiger partial charge in [0, 0.05) is 17.7 Å². The van der Waals surface area contributed by atoms with Gasteiger partial charge in [0.2, 0.25) is 0 Å². The molecule has 0 atom stereocenters. The molecule has 28 heavy (non-hydrogen) atoms. The summed E-state index contributed by atoms with van der Waals surface area (Å²) in [5.74, 6) is -1.75. The Morgan fingerprint density at radius 1 is 1.14 bits per heavy atom. The SMILES string of the molecule is CCOC(=O)c1cc(C(=O)NNc2cccc(C(F)(F)F)c2)cc([N+](=O)[O-])c1. The average molecular weight is 397 g/mol. The molecule has 0 aliphatic carbocycles. The molecule has 0 aliphatic rings. The Kier molecular flexibility index (Phi) is 6.18. The van der Waals surface area contributed by atoms with Gasteiger partial charge in [0.05, 0.1) is 28.3 Å². The van der Waals surface area contributed by atoms with Crippen LogP contribution in [-0.2, 0) is 10.9 Å². The van der Waals surface area contributed by atoms with Crippen molar-refractivity contribution >= 4 is 23.3 Å². The van der Waals surface area contributed by atoms with E-state index in [4.69, 9.17) is 4.74 Å². The number of alkyl halides is 3. The van der Waals surface area contributed by atoms with E-state index in [1.807, 2.05) is 0 Å². The number of benzene rings is 2. The van der Waals surface area contributed by atoms with Gasteiger partial charge < -0.3 is 4.74 Å². The number of ether oxygens (including phenoxy) is 1. The molecule has 0 aromatic heterocycles. The Hall–Kier alpha value is -3.63.